The summed E-state index contributed by atoms with van der Waals surface area (Å²) in [7, 11) is 1.87. The molecule has 0 radical (unpaired) electrons. The van der Waals surface area contributed by atoms with Crippen LogP contribution in [0.3, 0.4) is 0 Å². The number of hydrogen-bond donors (Lipinski definition) is 1. The molecular weight excluding hydrogens is 414 g/mol. The van der Waals surface area contributed by atoms with Gasteiger partial charge in [0.15, 0.2) is 0 Å². The number of carbonyl (C=O) groups excluding carboxylic acids is 1. The van der Waals surface area contributed by atoms with E-state index in [1.54, 1.807) is 18.3 Å². The van der Waals surface area contributed by atoms with Crippen LogP contribution in [0.4, 0.5) is 0 Å². The SMILES string of the molecule is Cn1cc(CC(=O)NCc2ccc(Cl)cc2)c(=O)c2nc(CC3CCOCC3)ccc21. The Hall–Kier alpha value is -2.70. The van der Waals surface area contributed by atoms with Gasteiger partial charge in [0.25, 0.3) is 0 Å². The van der Waals surface area contributed by atoms with Crippen molar-refractivity contribution < 1.29 is 9.53 Å². The number of benzene rings is 1. The Morgan fingerprint density at radius 3 is 2.68 bits per heavy atom. The van der Waals surface area contributed by atoms with Gasteiger partial charge in [-0.3, -0.25) is 9.59 Å². The van der Waals surface area contributed by atoms with Crippen LogP contribution in [0.5, 0.6) is 0 Å². The number of halogens is 1. The first kappa shape index (κ1) is 21.5. The molecule has 0 unspecified atom stereocenters. The average Bonchev–Trinajstić information content (AvgIpc) is 2.77. The van der Waals surface area contributed by atoms with Crippen LogP contribution in [-0.4, -0.2) is 28.7 Å². The van der Waals surface area contributed by atoms with Crippen LogP contribution in [-0.2, 0) is 36.0 Å². The Balaban J connectivity index is 1.50. The molecule has 0 saturated carbocycles. The molecule has 1 saturated heterocycles. The van der Waals surface area contributed by atoms with Crippen LogP contribution < -0.4 is 10.7 Å². The molecule has 3 aromatic rings. The second kappa shape index (κ2) is 9.62. The van der Waals surface area contributed by atoms with E-state index in [0.717, 1.165) is 49.3 Å². The van der Waals surface area contributed by atoms with Gasteiger partial charge in [0.05, 0.1) is 11.9 Å². The fourth-order valence-corrected chi connectivity index (χ4v) is 4.11. The molecule has 162 valence electrons. The normalized spacial score (nSPS) is 14.6. The van der Waals surface area contributed by atoms with Crippen molar-refractivity contribution in [2.75, 3.05) is 13.2 Å². The molecule has 0 bridgehead atoms. The van der Waals surface area contributed by atoms with Crippen LogP contribution >= 0.6 is 11.6 Å². The first-order chi connectivity index (χ1) is 15.0. The monoisotopic (exact) mass is 439 g/mol. The van der Waals surface area contributed by atoms with E-state index in [2.05, 4.69) is 10.3 Å². The number of nitrogens with one attached hydrogen (secondary N) is 1. The molecule has 1 aliphatic rings. The highest BCUT2D eigenvalue weighted by Gasteiger charge is 2.17. The van der Waals surface area contributed by atoms with E-state index >= 15 is 0 Å². The minimum absolute atomic E-state index is 0.0159. The quantitative estimate of drug-likeness (QED) is 0.638. The third kappa shape index (κ3) is 5.32. The van der Waals surface area contributed by atoms with Crippen LogP contribution in [0.15, 0.2) is 47.4 Å². The molecule has 6 nitrogen and oxygen atoms in total. The van der Waals surface area contributed by atoms with Crippen LogP contribution in [0.2, 0.25) is 5.02 Å². The van der Waals surface area contributed by atoms with Crippen LogP contribution in [0.25, 0.3) is 11.0 Å². The van der Waals surface area contributed by atoms with Crippen molar-refractivity contribution in [2.24, 2.45) is 13.0 Å². The maximum absolute atomic E-state index is 13.1. The van der Waals surface area contributed by atoms with E-state index in [0.29, 0.717) is 28.6 Å². The lowest BCUT2D eigenvalue weighted by atomic mass is 9.94. The molecular formula is C24H26ClN3O3. The summed E-state index contributed by atoms with van der Waals surface area (Å²) < 4.78 is 7.30. The Bertz CT molecular complexity index is 1140. The van der Waals surface area contributed by atoms with Gasteiger partial charge in [0, 0.05) is 49.3 Å². The Morgan fingerprint density at radius 2 is 1.94 bits per heavy atom. The lowest BCUT2D eigenvalue weighted by Gasteiger charge is -2.21. The van der Waals surface area contributed by atoms with E-state index in [1.807, 2.05) is 35.9 Å². The van der Waals surface area contributed by atoms with Crippen molar-refractivity contribution in [3.05, 3.63) is 74.7 Å². The lowest BCUT2D eigenvalue weighted by Crippen LogP contribution is -2.27. The summed E-state index contributed by atoms with van der Waals surface area (Å²) >= 11 is 5.89. The Labute approximate surface area is 186 Å². The van der Waals surface area contributed by atoms with E-state index in [9.17, 15) is 9.59 Å². The maximum atomic E-state index is 13.1. The van der Waals surface area contributed by atoms with Crippen molar-refractivity contribution in [3.63, 3.8) is 0 Å². The van der Waals surface area contributed by atoms with Crippen molar-refractivity contribution in [1.82, 2.24) is 14.9 Å². The maximum Gasteiger partial charge on any atom is 0.224 e. The van der Waals surface area contributed by atoms with Crippen molar-refractivity contribution >= 4 is 28.5 Å². The average molecular weight is 440 g/mol. The Kier molecular flexibility index (Phi) is 6.68. The first-order valence-electron chi connectivity index (χ1n) is 10.6. The third-order valence-corrected chi connectivity index (χ3v) is 6.01. The fraction of sp³-hybridized carbons (Fsp3) is 0.375. The van der Waals surface area contributed by atoms with Gasteiger partial charge in [-0.1, -0.05) is 23.7 Å². The van der Waals surface area contributed by atoms with Gasteiger partial charge in [-0.25, -0.2) is 4.98 Å². The van der Waals surface area contributed by atoms with Gasteiger partial charge in [0.2, 0.25) is 11.3 Å². The standard InChI is InChI=1S/C24H26ClN3O3/c1-28-15-18(13-22(29)26-14-17-2-4-19(25)5-3-17)24(30)23-21(28)7-6-20(27-23)12-16-8-10-31-11-9-16/h2-7,15-16H,8-14H2,1H3,(H,26,29). The van der Waals surface area contributed by atoms with E-state index in [-0.39, 0.29) is 17.8 Å². The number of aryl methyl sites for hydroxylation is 1. The van der Waals surface area contributed by atoms with Gasteiger partial charge in [-0.2, -0.15) is 0 Å². The second-order valence-electron chi connectivity index (χ2n) is 8.10. The van der Waals surface area contributed by atoms with E-state index in [1.165, 1.54) is 0 Å². The molecule has 1 fully saturated rings. The molecule has 1 aliphatic heterocycles. The molecule has 0 aliphatic carbocycles. The zero-order valence-electron chi connectivity index (χ0n) is 17.6. The van der Waals surface area contributed by atoms with Gasteiger partial charge in [-0.05, 0) is 55.0 Å². The molecule has 1 aromatic carbocycles. The van der Waals surface area contributed by atoms with Crippen molar-refractivity contribution in [2.45, 2.75) is 32.2 Å². The molecule has 3 heterocycles. The number of hydrogen-bond acceptors (Lipinski definition) is 4. The zero-order chi connectivity index (χ0) is 21.8. The van der Waals surface area contributed by atoms with Gasteiger partial charge >= 0.3 is 0 Å². The highest BCUT2D eigenvalue weighted by atomic mass is 35.5. The summed E-state index contributed by atoms with van der Waals surface area (Å²) in [5.74, 6) is 0.328. The third-order valence-electron chi connectivity index (χ3n) is 5.76. The molecule has 7 heteroatoms. The molecule has 1 amide bonds. The van der Waals surface area contributed by atoms with Gasteiger partial charge < -0.3 is 14.6 Å². The second-order valence-corrected chi connectivity index (χ2v) is 8.54. The smallest absolute Gasteiger partial charge is 0.224 e. The fourth-order valence-electron chi connectivity index (χ4n) is 3.98. The van der Waals surface area contributed by atoms with Crippen LogP contribution in [0.1, 0.15) is 29.7 Å². The number of ether oxygens (including phenoxy) is 1. The van der Waals surface area contributed by atoms with E-state index in [4.69, 9.17) is 16.3 Å². The largest absolute Gasteiger partial charge is 0.381 e. The summed E-state index contributed by atoms with van der Waals surface area (Å²) in [6.07, 6.45) is 4.62. The van der Waals surface area contributed by atoms with Crippen LogP contribution in [0, 0.1) is 5.92 Å². The highest BCUT2D eigenvalue weighted by Crippen LogP contribution is 2.20. The number of aromatic nitrogens is 2. The number of rotatable bonds is 6. The van der Waals surface area contributed by atoms with Crippen molar-refractivity contribution in [1.29, 1.82) is 0 Å². The predicted molar refractivity (Wildman–Crippen MR) is 121 cm³/mol. The van der Waals surface area contributed by atoms with Gasteiger partial charge in [0.1, 0.15) is 5.52 Å². The molecule has 1 N–H and O–H groups in total. The minimum Gasteiger partial charge on any atom is -0.381 e. The summed E-state index contributed by atoms with van der Waals surface area (Å²) in [6, 6.07) is 11.2. The van der Waals surface area contributed by atoms with E-state index < -0.39 is 0 Å². The number of amides is 1. The number of pyridine rings is 2. The minimum atomic E-state index is -0.204. The summed E-state index contributed by atoms with van der Waals surface area (Å²) in [6.45, 7) is 1.96. The summed E-state index contributed by atoms with van der Waals surface area (Å²) in [5.41, 5.74) is 3.33. The lowest BCUT2D eigenvalue weighted by molar-refractivity contribution is -0.120. The van der Waals surface area contributed by atoms with Gasteiger partial charge in [-0.15, -0.1) is 0 Å². The summed E-state index contributed by atoms with van der Waals surface area (Å²) in [5, 5.41) is 3.52. The molecule has 4 rings (SSSR count). The number of nitrogens with zero attached hydrogens (tertiary/aromatic N) is 2. The summed E-state index contributed by atoms with van der Waals surface area (Å²) in [4.78, 5) is 30.2. The van der Waals surface area contributed by atoms with Crippen molar-refractivity contribution in [3.8, 4) is 0 Å². The topological polar surface area (TPSA) is 73.2 Å². The molecule has 0 spiro atoms. The number of fused-ring (bicyclic) bond motifs is 1. The predicted octanol–water partition coefficient (Wildman–Crippen LogP) is 3.41. The zero-order valence-corrected chi connectivity index (χ0v) is 18.3. The molecule has 2 aromatic heterocycles. The molecule has 0 atom stereocenters. The number of carbonyl (C=O) groups is 1. The molecule has 31 heavy (non-hydrogen) atoms. The highest BCUT2D eigenvalue weighted by molar-refractivity contribution is 6.30. The Morgan fingerprint density at radius 1 is 1.19 bits per heavy atom. The first-order valence-corrected chi connectivity index (χ1v) is 10.9.